The lowest BCUT2D eigenvalue weighted by Gasteiger charge is -2.42. The average Bonchev–Trinajstić information content (AvgIpc) is 3.31. The Morgan fingerprint density at radius 3 is 2.76 bits per heavy atom. The molecule has 172 valence electrons. The van der Waals surface area contributed by atoms with Gasteiger partial charge in [0.2, 0.25) is 0 Å². The van der Waals surface area contributed by atoms with Crippen LogP contribution in [-0.4, -0.2) is 61.5 Å². The number of pyridine rings is 1. The number of nitriles is 1. The first-order chi connectivity index (χ1) is 16.5. The summed E-state index contributed by atoms with van der Waals surface area (Å²) in [6.45, 7) is 0. The zero-order valence-electron chi connectivity index (χ0n) is 18.7. The Labute approximate surface area is 195 Å². The molecule has 3 aromatic heterocycles. The fraction of sp³-hybridized carbons (Fsp3) is 0.227. The van der Waals surface area contributed by atoms with E-state index in [-0.39, 0.29) is 11.5 Å². The van der Waals surface area contributed by atoms with Gasteiger partial charge in [-0.3, -0.25) is 9.48 Å². The van der Waals surface area contributed by atoms with Crippen molar-refractivity contribution < 1.29 is 9.53 Å². The van der Waals surface area contributed by atoms with Gasteiger partial charge >= 0.3 is 0 Å². The van der Waals surface area contributed by atoms with E-state index in [1.165, 1.54) is 25.8 Å². The van der Waals surface area contributed by atoms with Gasteiger partial charge in [-0.15, -0.1) is 0 Å². The first-order valence-corrected chi connectivity index (χ1v) is 10.2. The van der Waals surface area contributed by atoms with Gasteiger partial charge in [-0.2, -0.15) is 10.4 Å². The van der Waals surface area contributed by atoms with E-state index in [2.05, 4.69) is 47.1 Å². The molecule has 3 heterocycles. The molecule has 2 atom stereocenters. The van der Waals surface area contributed by atoms with Crippen LogP contribution in [0.3, 0.4) is 0 Å². The highest BCUT2D eigenvalue weighted by Crippen LogP contribution is 2.37. The summed E-state index contributed by atoms with van der Waals surface area (Å²) in [6, 6.07) is 4.79. The van der Waals surface area contributed by atoms with E-state index < -0.39 is 11.8 Å². The molecule has 4 rings (SSSR count). The third-order valence-corrected chi connectivity index (χ3v) is 5.25. The second-order valence-electron chi connectivity index (χ2n) is 7.30. The third-order valence-electron chi connectivity index (χ3n) is 5.25. The minimum atomic E-state index is -1.26. The Morgan fingerprint density at radius 1 is 1.26 bits per heavy atom. The van der Waals surface area contributed by atoms with Crippen molar-refractivity contribution in [2.75, 3.05) is 24.8 Å². The first kappa shape index (κ1) is 22.6. The topological polar surface area (TPSA) is 156 Å². The Kier molecular flexibility index (Phi) is 6.28. The van der Waals surface area contributed by atoms with Crippen molar-refractivity contribution in [3.63, 3.8) is 0 Å². The molecule has 0 saturated heterocycles. The van der Waals surface area contributed by atoms with Gasteiger partial charge in [0.25, 0.3) is 5.91 Å². The number of carbonyl (C=O) groups excluding carboxylic acids is 1. The van der Waals surface area contributed by atoms with Crippen molar-refractivity contribution in [2.45, 2.75) is 11.8 Å². The zero-order chi connectivity index (χ0) is 24.1. The van der Waals surface area contributed by atoms with Gasteiger partial charge in [0.1, 0.15) is 30.4 Å². The third kappa shape index (κ3) is 4.19. The van der Waals surface area contributed by atoms with Crippen LogP contribution in [0.1, 0.15) is 21.7 Å². The summed E-state index contributed by atoms with van der Waals surface area (Å²) in [6.07, 6.45) is 11.4. The fourth-order valence-electron chi connectivity index (χ4n) is 3.59. The van der Waals surface area contributed by atoms with Gasteiger partial charge < -0.3 is 20.7 Å². The number of amides is 1. The quantitative estimate of drug-likeness (QED) is 0.439. The zero-order valence-corrected chi connectivity index (χ0v) is 18.7. The number of ether oxygens (including phenoxy) is 1. The number of aryl methyl sites for hydroxylation is 1. The average molecular weight is 458 g/mol. The monoisotopic (exact) mass is 458 g/mol. The molecule has 0 aliphatic heterocycles. The van der Waals surface area contributed by atoms with E-state index in [1.807, 2.05) is 18.2 Å². The molecule has 3 N–H and O–H groups in total. The van der Waals surface area contributed by atoms with Crippen LogP contribution in [0.5, 0.6) is 0 Å². The van der Waals surface area contributed by atoms with Crippen molar-refractivity contribution in [1.82, 2.24) is 35.0 Å². The highest BCUT2D eigenvalue weighted by atomic mass is 16.5. The van der Waals surface area contributed by atoms with Crippen LogP contribution in [0.4, 0.5) is 11.6 Å². The minimum Gasteiger partial charge on any atom is -0.358 e. The highest BCUT2D eigenvalue weighted by molar-refractivity contribution is 5.98. The Bertz CT molecular complexity index is 1290. The second-order valence-corrected chi connectivity index (χ2v) is 7.30. The normalized spacial score (nSPS) is 19.1. The van der Waals surface area contributed by atoms with Crippen molar-refractivity contribution in [3.8, 4) is 6.07 Å². The molecule has 12 nitrogen and oxygen atoms in total. The first-order valence-electron chi connectivity index (χ1n) is 10.2. The van der Waals surface area contributed by atoms with Crippen molar-refractivity contribution >= 4 is 23.1 Å². The number of hydrogen-bond acceptors (Lipinski definition) is 10. The molecule has 3 aromatic rings. The maximum absolute atomic E-state index is 12.4. The molecule has 1 aliphatic rings. The number of carbonyl (C=O) groups is 1. The van der Waals surface area contributed by atoms with Crippen LogP contribution in [0.25, 0.3) is 5.57 Å². The van der Waals surface area contributed by atoms with E-state index in [0.29, 0.717) is 28.6 Å². The van der Waals surface area contributed by atoms with Gasteiger partial charge in [0, 0.05) is 33.6 Å². The number of allylic oxidation sites excluding steroid dienone is 2. The molecule has 0 bridgehead atoms. The molecule has 12 heteroatoms. The van der Waals surface area contributed by atoms with Gasteiger partial charge in [0.15, 0.2) is 11.5 Å². The van der Waals surface area contributed by atoms with Crippen LogP contribution in [0, 0.1) is 11.3 Å². The highest BCUT2D eigenvalue weighted by Gasteiger charge is 2.46. The predicted octanol–water partition coefficient (Wildman–Crippen LogP) is 1.12. The van der Waals surface area contributed by atoms with Crippen LogP contribution < -0.4 is 16.0 Å². The lowest BCUT2D eigenvalue weighted by atomic mass is 9.88. The summed E-state index contributed by atoms with van der Waals surface area (Å²) >= 11 is 0. The molecule has 0 saturated carbocycles. The molecular formula is C22H22N10O2. The van der Waals surface area contributed by atoms with E-state index in [0.717, 1.165) is 0 Å². The summed E-state index contributed by atoms with van der Waals surface area (Å²) < 4.78 is 7.68. The Balaban J connectivity index is 1.79. The van der Waals surface area contributed by atoms with Crippen LogP contribution >= 0.6 is 0 Å². The fourth-order valence-corrected chi connectivity index (χ4v) is 3.59. The maximum Gasteiger partial charge on any atom is 0.256 e. The number of rotatable bonds is 7. The minimum absolute atomic E-state index is 0.270. The predicted molar refractivity (Wildman–Crippen MR) is 123 cm³/mol. The summed E-state index contributed by atoms with van der Waals surface area (Å²) in [5.74, 6) is 0.875. The van der Waals surface area contributed by atoms with E-state index in [4.69, 9.17) is 10.00 Å². The largest absolute Gasteiger partial charge is 0.358 e. The number of hydrogen-bond donors (Lipinski definition) is 3. The lowest BCUT2D eigenvalue weighted by Crippen LogP contribution is -2.56. The van der Waals surface area contributed by atoms with Crippen molar-refractivity contribution in [3.05, 3.63) is 72.4 Å². The molecule has 1 amide bonds. The molecule has 0 radical (unpaired) electrons. The summed E-state index contributed by atoms with van der Waals surface area (Å²) in [4.78, 5) is 29.4. The number of nitrogens with zero attached hydrogens (tertiary/aromatic N) is 7. The number of methoxy groups -OCH3 is 1. The Morgan fingerprint density at radius 2 is 2.12 bits per heavy atom. The second kappa shape index (κ2) is 9.47. The Hall–Kier alpha value is -4.63. The SMILES string of the molecule is CNC(=O)c1cncnc1NC1C=CC=C(c2ncn(C)n2)C1(Nc1ccc(C#N)cn1)OC. The van der Waals surface area contributed by atoms with E-state index >= 15 is 0 Å². The van der Waals surface area contributed by atoms with Gasteiger partial charge in [0.05, 0.1) is 22.7 Å². The summed E-state index contributed by atoms with van der Waals surface area (Å²) in [7, 11) is 4.84. The molecule has 0 aromatic carbocycles. The lowest BCUT2D eigenvalue weighted by molar-refractivity contribution is 0.0582. The molecular weight excluding hydrogens is 436 g/mol. The molecule has 0 fully saturated rings. The standard InChI is InChI=1S/C22H22N10O2/c1-24-21(33)15-11-25-12-27-19(15)29-17-6-4-5-16(20-28-13-32(2)31-20)22(17,34-3)30-18-8-7-14(9-23)10-26-18/h4-8,10-13,17H,1-3H3,(H,24,33)(H,26,30)(H,25,27,29). The maximum atomic E-state index is 12.4. The summed E-state index contributed by atoms with van der Waals surface area (Å²) in [5.41, 5.74) is 0.0557. The summed E-state index contributed by atoms with van der Waals surface area (Å²) in [5, 5.41) is 22.8. The van der Waals surface area contributed by atoms with Crippen LogP contribution in [-0.2, 0) is 11.8 Å². The number of nitrogens with one attached hydrogen (secondary N) is 3. The molecule has 1 aliphatic carbocycles. The van der Waals surface area contributed by atoms with Crippen LogP contribution in [0.15, 0.2) is 55.4 Å². The molecule has 2 unspecified atom stereocenters. The van der Waals surface area contributed by atoms with E-state index in [1.54, 1.807) is 37.3 Å². The van der Waals surface area contributed by atoms with Crippen LogP contribution in [0.2, 0.25) is 0 Å². The number of aromatic nitrogens is 6. The van der Waals surface area contributed by atoms with E-state index in [9.17, 15) is 4.79 Å². The van der Waals surface area contributed by atoms with Gasteiger partial charge in [-0.1, -0.05) is 18.2 Å². The van der Waals surface area contributed by atoms with Gasteiger partial charge in [-0.05, 0) is 12.1 Å². The molecule has 34 heavy (non-hydrogen) atoms. The molecule has 0 spiro atoms. The number of anilines is 2. The van der Waals surface area contributed by atoms with Crippen molar-refractivity contribution in [2.24, 2.45) is 7.05 Å². The van der Waals surface area contributed by atoms with Gasteiger partial charge in [-0.25, -0.2) is 19.9 Å². The smallest absolute Gasteiger partial charge is 0.256 e. The van der Waals surface area contributed by atoms with Crippen molar-refractivity contribution in [1.29, 1.82) is 5.26 Å².